The lowest BCUT2D eigenvalue weighted by molar-refractivity contribution is -0.123. The van der Waals surface area contributed by atoms with Crippen LogP contribution >= 0.6 is 27.7 Å². The Bertz CT molecular complexity index is 482. The molecule has 0 aliphatic carbocycles. The van der Waals surface area contributed by atoms with Gasteiger partial charge in [0.25, 0.3) is 5.91 Å². The zero-order valence-electron chi connectivity index (χ0n) is 12.3. The quantitative estimate of drug-likeness (QED) is 0.737. The average Bonchev–Trinajstić information content (AvgIpc) is 2.49. The van der Waals surface area contributed by atoms with Gasteiger partial charge in [-0.25, -0.2) is 0 Å². The lowest BCUT2D eigenvalue weighted by Gasteiger charge is -2.18. The summed E-state index contributed by atoms with van der Waals surface area (Å²) in [7, 11) is 0. The van der Waals surface area contributed by atoms with E-state index in [9.17, 15) is 9.59 Å². The third-order valence-electron chi connectivity index (χ3n) is 2.90. The van der Waals surface area contributed by atoms with E-state index >= 15 is 0 Å². The molecule has 0 fully saturated rings. The zero-order valence-corrected chi connectivity index (χ0v) is 14.7. The number of rotatable bonds is 8. The van der Waals surface area contributed by atoms with Gasteiger partial charge in [-0.3, -0.25) is 9.59 Å². The van der Waals surface area contributed by atoms with Gasteiger partial charge in [-0.15, -0.1) is 0 Å². The highest BCUT2D eigenvalue weighted by molar-refractivity contribution is 9.10. The number of nitrogens with one attached hydrogen (secondary N) is 2. The fraction of sp³-hybridized carbons (Fsp3) is 0.467. The highest BCUT2D eigenvalue weighted by Crippen LogP contribution is 2.16. The van der Waals surface area contributed by atoms with E-state index in [-0.39, 0.29) is 11.8 Å². The molecule has 0 saturated carbocycles. The van der Waals surface area contributed by atoms with Crippen LogP contribution in [0.2, 0.25) is 0 Å². The molecule has 21 heavy (non-hydrogen) atoms. The minimum Gasteiger partial charge on any atom is -0.354 e. The summed E-state index contributed by atoms with van der Waals surface area (Å²) in [4.78, 5) is 24.4. The molecule has 2 amide bonds. The van der Waals surface area contributed by atoms with Crippen LogP contribution in [-0.2, 0) is 4.79 Å². The van der Waals surface area contributed by atoms with Crippen LogP contribution in [0.15, 0.2) is 28.7 Å². The summed E-state index contributed by atoms with van der Waals surface area (Å²) < 4.78 is 0.722. The van der Waals surface area contributed by atoms with Gasteiger partial charge >= 0.3 is 0 Å². The molecule has 2 N–H and O–H groups in total. The van der Waals surface area contributed by atoms with Gasteiger partial charge in [0.15, 0.2) is 0 Å². The molecule has 0 aliphatic heterocycles. The normalized spacial score (nSPS) is 11.8. The van der Waals surface area contributed by atoms with Crippen LogP contribution in [0.1, 0.15) is 30.1 Å². The Hall–Kier alpha value is -1.01. The molecule has 0 spiro atoms. The number of hydrogen-bond donors (Lipinski definition) is 2. The second kappa shape index (κ2) is 9.84. The van der Waals surface area contributed by atoms with Gasteiger partial charge in [0, 0.05) is 11.0 Å². The Morgan fingerprint density at radius 2 is 2.05 bits per heavy atom. The van der Waals surface area contributed by atoms with Crippen molar-refractivity contribution in [3.63, 3.8) is 0 Å². The van der Waals surface area contributed by atoms with Gasteiger partial charge in [-0.1, -0.05) is 19.1 Å². The third kappa shape index (κ3) is 6.09. The number of hydrogen-bond acceptors (Lipinski definition) is 3. The molecule has 1 aromatic rings. The molecule has 1 atom stereocenters. The minimum absolute atomic E-state index is 0.119. The molecular formula is C15H21BrN2O2S. The lowest BCUT2D eigenvalue weighted by atomic mass is 10.1. The Kier molecular flexibility index (Phi) is 8.45. The number of thioether (sulfide) groups is 1. The van der Waals surface area contributed by atoms with Crippen molar-refractivity contribution < 1.29 is 9.59 Å². The van der Waals surface area contributed by atoms with E-state index in [0.717, 1.165) is 16.6 Å². The largest absolute Gasteiger partial charge is 0.354 e. The molecule has 0 radical (unpaired) electrons. The summed E-state index contributed by atoms with van der Waals surface area (Å²) in [5, 5.41) is 5.66. The number of carbonyl (C=O) groups excluding carboxylic acids is 2. The van der Waals surface area contributed by atoms with Crippen molar-refractivity contribution in [1.82, 2.24) is 10.6 Å². The van der Waals surface area contributed by atoms with Crippen LogP contribution in [-0.4, -0.2) is 36.4 Å². The maximum absolute atomic E-state index is 12.3. The van der Waals surface area contributed by atoms with Gasteiger partial charge < -0.3 is 10.6 Å². The Labute approximate surface area is 138 Å². The van der Waals surface area contributed by atoms with E-state index in [1.165, 1.54) is 0 Å². The summed E-state index contributed by atoms with van der Waals surface area (Å²) in [6.07, 6.45) is 3.47. The highest BCUT2D eigenvalue weighted by Gasteiger charge is 2.21. The first-order valence-electron chi connectivity index (χ1n) is 6.92. The average molecular weight is 373 g/mol. The molecule has 0 aromatic heterocycles. The van der Waals surface area contributed by atoms with Crippen molar-refractivity contribution in [3.05, 3.63) is 34.3 Å². The minimum atomic E-state index is -0.497. The fourth-order valence-corrected chi connectivity index (χ4v) is 2.69. The Morgan fingerprint density at radius 3 is 2.67 bits per heavy atom. The van der Waals surface area contributed by atoms with E-state index in [2.05, 4.69) is 26.6 Å². The number of carbonyl (C=O) groups is 2. The smallest absolute Gasteiger partial charge is 0.253 e. The van der Waals surface area contributed by atoms with Gasteiger partial charge in [-0.05, 0) is 52.9 Å². The second-order valence-electron chi connectivity index (χ2n) is 4.58. The van der Waals surface area contributed by atoms with Crippen molar-refractivity contribution in [1.29, 1.82) is 0 Å². The van der Waals surface area contributed by atoms with Gasteiger partial charge in [0.2, 0.25) is 5.91 Å². The van der Waals surface area contributed by atoms with Crippen molar-refractivity contribution >= 4 is 39.5 Å². The molecule has 0 unspecified atom stereocenters. The van der Waals surface area contributed by atoms with E-state index in [1.807, 2.05) is 25.3 Å². The Morgan fingerprint density at radius 1 is 1.33 bits per heavy atom. The van der Waals surface area contributed by atoms with Crippen LogP contribution in [0.3, 0.4) is 0 Å². The number of amides is 2. The first-order chi connectivity index (χ1) is 10.1. The van der Waals surface area contributed by atoms with E-state index < -0.39 is 6.04 Å². The first-order valence-corrected chi connectivity index (χ1v) is 9.10. The standard InChI is InChI=1S/C15H21BrN2O2S/c1-3-9-17-15(20)13(8-10-21-2)18-14(19)11-6-4-5-7-12(11)16/h4-7,13H,3,8-10H2,1-2H3,(H,17,20)(H,18,19)/t13-/m0/s1. The maximum Gasteiger partial charge on any atom is 0.253 e. The van der Waals surface area contributed by atoms with E-state index in [4.69, 9.17) is 0 Å². The van der Waals surface area contributed by atoms with Crippen molar-refractivity contribution in [2.24, 2.45) is 0 Å². The van der Waals surface area contributed by atoms with Gasteiger partial charge in [-0.2, -0.15) is 11.8 Å². The summed E-state index contributed by atoms with van der Waals surface area (Å²) in [6, 6.07) is 6.69. The highest BCUT2D eigenvalue weighted by atomic mass is 79.9. The van der Waals surface area contributed by atoms with Crippen LogP contribution in [0.25, 0.3) is 0 Å². The second-order valence-corrected chi connectivity index (χ2v) is 6.42. The fourth-order valence-electron chi connectivity index (χ4n) is 1.76. The van der Waals surface area contributed by atoms with Crippen molar-refractivity contribution in [2.75, 3.05) is 18.6 Å². The molecule has 0 aliphatic rings. The van der Waals surface area contributed by atoms with Crippen LogP contribution in [0.5, 0.6) is 0 Å². The molecule has 116 valence electrons. The molecule has 4 nitrogen and oxygen atoms in total. The predicted molar refractivity (Wildman–Crippen MR) is 91.7 cm³/mol. The maximum atomic E-state index is 12.3. The summed E-state index contributed by atoms with van der Waals surface area (Å²) in [5.41, 5.74) is 0.537. The SMILES string of the molecule is CCCNC(=O)[C@H](CCSC)NC(=O)c1ccccc1Br. The summed E-state index contributed by atoms with van der Waals surface area (Å²) >= 11 is 5.01. The van der Waals surface area contributed by atoms with E-state index in [0.29, 0.717) is 18.5 Å². The van der Waals surface area contributed by atoms with Crippen LogP contribution in [0.4, 0.5) is 0 Å². The molecule has 6 heteroatoms. The summed E-state index contributed by atoms with van der Waals surface area (Å²) in [6.45, 7) is 2.62. The molecular weight excluding hydrogens is 352 g/mol. The van der Waals surface area contributed by atoms with Gasteiger partial charge in [0.05, 0.1) is 5.56 Å². The molecule has 0 saturated heterocycles. The van der Waals surface area contributed by atoms with Crippen LogP contribution in [0, 0.1) is 0 Å². The van der Waals surface area contributed by atoms with Crippen molar-refractivity contribution in [2.45, 2.75) is 25.8 Å². The molecule has 0 bridgehead atoms. The lowest BCUT2D eigenvalue weighted by Crippen LogP contribution is -2.47. The zero-order chi connectivity index (χ0) is 15.7. The Balaban J connectivity index is 2.73. The van der Waals surface area contributed by atoms with Crippen molar-refractivity contribution in [3.8, 4) is 0 Å². The molecule has 1 aromatic carbocycles. The first kappa shape index (κ1) is 18.0. The topological polar surface area (TPSA) is 58.2 Å². The summed E-state index contributed by atoms with van der Waals surface area (Å²) in [5.74, 6) is 0.465. The predicted octanol–water partition coefficient (Wildman–Crippen LogP) is 2.83. The number of benzene rings is 1. The van der Waals surface area contributed by atoms with E-state index in [1.54, 1.807) is 23.9 Å². The van der Waals surface area contributed by atoms with Crippen LogP contribution < -0.4 is 10.6 Å². The van der Waals surface area contributed by atoms with Gasteiger partial charge in [0.1, 0.15) is 6.04 Å². The number of halogens is 1. The third-order valence-corrected chi connectivity index (χ3v) is 4.24. The molecule has 1 rings (SSSR count). The monoisotopic (exact) mass is 372 g/mol. The molecule has 0 heterocycles.